The quantitative estimate of drug-likeness (QED) is 0.228. The first-order valence-electron chi connectivity index (χ1n) is 5.01. The normalized spacial score (nSPS) is 10.0. The predicted molar refractivity (Wildman–Crippen MR) is 62.7 cm³/mol. The maximum absolute atomic E-state index is 10.6. The molecule has 0 atom stereocenters. The molecule has 0 spiro atoms. The third-order valence-corrected chi connectivity index (χ3v) is 2.12. The molecule has 18 heavy (non-hydrogen) atoms. The van der Waals surface area contributed by atoms with Crippen LogP contribution in [0.3, 0.4) is 0 Å². The van der Waals surface area contributed by atoms with Gasteiger partial charge < -0.3 is 24.0 Å². The maximum atomic E-state index is 10.6. The highest BCUT2D eigenvalue weighted by Gasteiger charge is 2.04. The summed E-state index contributed by atoms with van der Waals surface area (Å²) in [7, 11) is 0. The van der Waals surface area contributed by atoms with Crippen LogP contribution in [-0.4, -0.2) is 11.1 Å². The van der Waals surface area contributed by atoms with Gasteiger partial charge in [-0.25, -0.2) is 0 Å². The number of rotatable bonds is 3. The number of halogens is 1. The maximum Gasteiger partial charge on any atom is 0.270 e. The molecule has 0 aliphatic rings. The molecule has 1 aromatic heterocycles. The van der Waals surface area contributed by atoms with Gasteiger partial charge in [-0.1, -0.05) is 22.9 Å². The lowest BCUT2D eigenvalue weighted by Crippen LogP contribution is -3.00. The lowest BCUT2D eigenvalue weighted by molar-refractivity contribution is -0.678. The smallest absolute Gasteiger partial charge is 0.270 e. The lowest BCUT2D eigenvalue weighted by atomic mass is 10.2. The Bertz CT molecular complexity index is 558. The third kappa shape index (κ3) is 3.88. The van der Waals surface area contributed by atoms with Crippen LogP contribution in [0.2, 0.25) is 0 Å². The van der Waals surface area contributed by atoms with E-state index in [0.29, 0.717) is 5.56 Å². The summed E-state index contributed by atoms with van der Waals surface area (Å²) in [6.07, 6.45) is 5.15. The summed E-state index contributed by atoms with van der Waals surface area (Å²) < 4.78 is 1.62. The average molecular weight is 355 g/mol. The Balaban J connectivity index is 0.00000162. The van der Waals surface area contributed by atoms with E-state index in [1.54, 1.807) is 35.4 Å². The number of hydrogen-bond acceptors (Lipinski definition) is 3. The van der Waals surface area contributed by atoms with E-state index in [-0.39, 0.29) is 29.7 Å². The Morgan fingerprint density at radius 1 is 1.17 bits per heavy atom. The molecule has 2 aromatic rings. The summed E-state index contributed by atoms with van der Waals surface area (Å²) in [6, 6.07) is 11.9. The fraction of sp³-hybridized carbons (Fsp3) is 0. The fourth-order valence-electron chi connectivity index (χ4n) is 1.32. The van der Waals surface area contributed by atoms with E-state index in [0.717, 1.165) is 0 Å². The van der Waals surface area contributed by atoms with Crippen LogP contribution in [0, 0.1) is 10.1 Å². The largest absolute Gasteiger partial charge is 1.00 e. The molecule has 1 aromatic carbocycles. The molecule has 2 rings (SSSR count). The Morgan fingerprint density at radius 3 is 2.56 bits per heavy atom. The molecule has 0 saturated heterocycles. The number of pyridine rings is 1. The van der Waals surface area contributed by atoms with E-state index in [9.17, 15) is 10.1 Å². The van der Waals surface area contributed by atoms with E-state index < -0.39 is 4.92 Å². The molecule has 0 aliphatic heterocycles. The third-order valence-electron chi connectivity index (χ3n) is 2.12. The molecule has 1 heterocycles. The van der Waals surface area contributed by atoms with Crippen molar-refractivity contribution >= 4 is 11.9 Å². The van der Waals surface area contributed by atoms with Crippen molar-refractivity contribution in [2.75, 3.05) is 0 Å². The minimum Gasteiger partial charge on any atom is -1.00 e. The zero-order chi connectivity index (χ0) is 12.1. The Morgan fingerprint density at radius 2 is 1.89 bits per heavy atom. The van der Waals surface area contributed by atoms with Crippen LogP contribution < -0.4 is 28.7 Å². The number of hydrogen-bond donors (Lipinski definition) is 0. The second-order valence-corrected chi connectivity index (χ2v) is 3.35. The summed E-state index contributed by atoms with van der Waals surface area (Å²) >= 11 is 0. The van der Waals surface area contributed by atoms with Crippen LogP contribution in [0.4, 0.5) is 5.69 Å². The minimum atomic E-state index is -0.424. The first-order valence-corrected chi connectivity index (χ1v) is 5.01. The second-order valence-electron chi connectivity index (χ2n) is 3.35. The number of nitrogens with zero attached hydrogens (tertiary/aromatic N) is 3. The molecule has 0 fully saturated rings. The number of aromatic nitrogens is 1. The van der Waals surface area contributed by atoms with Gasteiger partial charge in [-0.15, -0.1) is 0 Å². The van der Waals surface area contributed by atoms with Crippen LogP contribution in [0.25, 0.3) is 0 Å². The molecule has 0 radical (unpaired) electrons. The van der Waals surface area contributed by atoms with Gasteiger partial charge in [0, 0.05) is 29.8 Å². The van der Waals surface area contributed by atoms with Gasteiger partial charge in [-0.05, 0) is 5.10 Å². The standard InChI is InChI=1S/C12H10N3O2.HI/c16-15(17)12-6-4-5-11(9-12)10-13-14-7-2-1-3-8-14;/h1-10H;1H/q+1;/p-1. The van der Waals surface area contributed by atoms with Gasteiger partial charge in [0.1, 0.15) is 6.21 Å². The number of non-ortho nitro benzene ring substituents is 1. The number of benzene rings is 1. The minimum absolute atomic E-state index is 0. The van der Waals surface area contributed by atoms with Crippen molar-refractivity contribution in [3.63, 3.8) is 0 Å². The first kappa shape index (κ1) is 14.2. The van der Waals surface area contributed by atoms with E-state index >= 15 is 0 Å². The Kier molecular flexibility index (Phi) is 5.37. The van der Waals surface area contributed by atoms with Crippen molar-refractivity contribution in [3.8, 4) is 0 Å². The molecular formula is C12H10IN3O2. The van der Waals surface area contributed by atoms with Crippen LogP contribution in [0.15, 0.2) is 60.0 Å². The second kappa shape index (κ2) is 6.80. The molecule has 0 N–H and O–H groups in total. The van der Waals surface area contributed by atoms with Crippen molar-refractivity contribution in [1.82, 2.24) is 0 Å². The van der Waals surface area contributed by atoms with Gasteiger partial charge in [0.2, 0.25) is 12.4 Å². The summed E-state index contributed by atoms with van der Waals surface area (Å²) in [5, 5.41) is 14.7. The van der Waals surface area contributed by atoms with Gasteiger partial charge >= 0.3 is 0 Å². The van der Waals surface area contributed by atoms with E-state index in [4.69, 9.17) is 0 Å². The Labute approximate surface area is 121 Å². The molecule has 6 heteroatoms. The molecular weight excluding hydrogens is 345 g/mol. The van der Waals surface area contributed by atoms with Crippen LogP contribution in [0.5, 0.6) is 0 Å². The van der Waals surface area contributed by atoms with Crippen molar-refractivity contribution in [3.05, 3.63) is 70.5 Å². The highest BCUT2D eigenvalue weighted by Crippen LogP contribution is 2.11. The van der Waals surface area contributed by atoms with Crippen LogP contribution in [0.1, 0.15) is 5.56 Å². The zero-order valence-corrected chi connectivity index (χ0v) is 11.5. The monoisotopic (exact) mass is 355 g/mol. The average Bonchev–Trinajstić information content (AvgIpc) is 2.38. The molecule has 0 saturated carbocycles. The molecule has 0 aliphatic carbocycles. The predicted octanol–water partition coefficient (Wildman–Crippen LogP) is -1.23. The molecule has 5 nitrogen and oxygen atoms in total. The lowest BCUT2D eigenvalue weighted by Gasteiger charge is -1.92. The van der Waals surface area contributed by atoms with Gasteiger partial charge in [-0.2, -0.15) is 0 Å². The van der Waals surface area contributed by atoms with Crippen molar-refractivity contribution in [1.29, 1.82) is 0 Å². The van der Waals surface area contributed by atoms with Gasteiger partial charge in [0.05, 0.1) is 4.92 Å². The summed E-state index contributed by atoms with van der Waals surface area (Å²) in [4.78, 5) is 10.2. The molecule has 0 amide bonds. The number of nitro groups is 1. The number of nitro benzene ring substituents is 1. The summed E-state index contributed by atoms with van der Waals surface area (Å²) in [6.45, 7) is 0. The Hall–Kier alpha value is -1.83. The highest BCUT2D eigenvalue weighted by atomic mass is 127. The molecule has 0 bridgehead atoms. The van der Waals surface area contributed by atoms with Crippen molar-refractivity contribution in [2.24, 2.45) is 5.10 Å². The highest BCUT2D eigenvalue weighted by molar-refractivity contribution is 5.80. The van der Waals surface area contributed by atoms with Gasteiger partial charge in [-0.3, -0.25) is 10.1 Å². The molecule has 0 unspecified atom stereocenters. The fourth-order valence-corrected chi connectivity index (χ4v) is 1.32. The topological polar surface area (TPSA) is 59.4 Å². The van der Waals surface area contributed by atoms with E-state index in [1.165, 1.54) is 12.1 Å². The molecule has 92 valence electrons. The van der Waals surface area contributed by atoms with Gasteiger partial charge in [0.15, 0.2) is 0 Å². The first-order chi connectivity index (χ1) is 8.25. The van der Waals surface area contributed by atoms with E-state index in [2.05, 4.69) is 5.10 Å². The van der Waals surface area contributed by atoms with Crippen molar-refractivity contribution in [2.45, 2.75) is 0 Å². The van der Waals surface area contributed by atoms with Gasteiger partial charge in [0.25, 0.3) is 5.69 Å². The van der Waals surface area contributed by atoms with E-state index in [1.807, 2.05) is 18.2 Å². The van der Waals surface area contributed by atoms with Crippen molar-refractivity contribution < 1.29 is 33.6 Å². The zero-order valence-electron chi connectivity index (χ0n) is 9.31. The SMILES string of the molecule is O=[N+]([O-])c1cccc(C=N[n+]2ccccc2)c1.[I-]. The summed E-state index contributed by atoms with van der Waals surface area (Å²) in [5.74, 6) is 0. The van der Waals surface area contributed by atoms with Crippen LogP contribution in [-0.2, 0) is 0 Å². The van der Waals surface area contributed by atoms with Crippen LogP contribution >= 0.6 is 0 Å². The summed E-state index contributed by atoms with van der Waals surface area (Å²) in [5.41, 5.74) is 0.752.